The molecule has 3 N–H and O–H groups in total. The molecule has 2 aliphatic heterocycles. The molecular weight excluding hydrogens is 568 g/mol. The van der Waals surface area contributed by atoms with Crippen LogP contribution in [0.4, 0.5) is 16.4 Å². The maximum Gasteiger partial charge on any atom is 0.407 e. The maximum atomic E-state index is 12.1. The fourth-order valence-corrected chi connectivity index (χ4v) is 6.17. The van der Waals surface area contributed by atoms with E-state index in [1.165, 1.54) is 11.8 Å². The Labute approximate surface area is 250 Å². The number of anilines is 2. The first-order chi connectivity index (χ1) is 19.4. The van der Waals surface area contributed by atoms with Gasteiger partial charge in [0, 0.05) is 43.8 Å². The van der Waals surface area contributed by atoms with Crippen LogP contribution in [0.2, 0.25) is 5.02 Å². The minimum atomic E-state index is -0.761. The van der Waals surface area contributed by atoms with Crippen LogP contribution in [0.25, 0.3) is 0 Å². The summed E-state index contributed by atoms with van der Waals surface area (Å²) in [5, 5.41) is 23.4. The van der Waals surface area contributed by atoms with E-state index < -0.39 is 17.7 Å². The molecule has 2 fully saturated rings. The smallest absolute Gasteiger partial charge is 0.407 e. The number of carbonyl (C=O) groups excluding carboxylic acids is 1. The van der Waals surface area contributed by atoms with Gasteiger partial charge in [0.2, 0.25) is 0 Å². The number of halogens is 1. The average molecular weight is 607 g/mol. The number of pyridine rings is 1. The average Bonchev–Trinajstić information content (AvgIpc) is 2.93. The van der Waals surface area contributed by atoms with E-state index in [0.29, 0.717) is 59.9 Å². The molecule has 224 valence electrons. The molecule has 0 bridgehead atoms. The third-order valence-corrected chi connectivity index (χ3v) is 8.92. The summed E-state index contributed by atoms with van der Waals surface area (Å²) >= 11 is 8.09. The molecule has 1 amide bonds. The standard InChI is InChI=1S/C28H39ClN6O5S/c1-27(2,3)40-26(39)32-17-28(4)8-13-35(14-9-28)23-19(16-36)33-21(15-31-23)41-20-5-10-30-24(22(20)29)34-11-6-18(7-12-34)25(37)38/h5,10,15,18,36H,6-9,11-14,16-17H2,1-4H3,(H,32,39)(H,37,38). The second-order valence-corrected chi connectivity index (χ2v) is 13.4. The molecule has 0 atom stereocenters. The summed E-state index contributed by atoms with van der Waals surface area (Å²) in [6, 6.07) is 1.81. The highest BCUT2D eigenvalue weighted by Crippen LogP contribution is 2.39. The van der Waals surface area contributed by atoms with Crippen molar-refractivity contribution in [3.8, 4) is 0 Å². The van der Waals surface area contributed by atoms with Gasteiger partial charge in [-0.3, -0.25) is 4.79 Å². The van der Waals surface area contributed by atoms with E-state index in [1.54, 1.807) is 12.4 Å². The molecule has 0 saturated carbocycles. The van der Waals surface area contributed by atoms with Gasteiger partial charge in [0.05, 0.1) is 23.7 Å². The van der Waals surface area contributed by atoms with Crippen molar-refractivity contribution in [2.24, 2.45) is 11.3 Å². The van der Waals surface area contributed by atoms with Crippen molar-refractivity contribution < 1.29 is 24.5 Å². The number of aliphatic hydroxyl groups excluding tert-OH is 1. The number of hydrogen-bond donors (Lipinski definition) is 3. The van der Waals surface area contributed by atoms with E-state index in [2.05, 4.69) is 32.1 Å². The summed E-state index contributed by atoms with van der Waals surface area (Å²) in [4.78, 5) is 42.1. The SMILES string of the molecule is CC1(CNC(=O)OC(C)(C)C)CCN(c2ncc(Sc3ccnc(N4CCC(C(=O)O)CC4)c3Cl)nc2CO)CC1. The lowest BCUT2D eigenvalue weighted by Crippen LogP contribution is -2.46. The molecule has 11 nitrogen and oxygen atoms in total. The summed E-state index contributed by atoms with van der Waals surface area (Å²) in [5.41, 5.74) is -0.120. The second-order valence-electron chi connectivity index (χ2n) is 11.9. The molecule has 2 saturated heterocycles. The van der Waals surface area contributed by atoms with Crippen molar-refractivity contribution in [1.29, 1.82) is 0 Å². The molecule has 0 aromatic carbocycles. The molecule has 0 radical (unpaired) electrons. The normalized spacial score (nSPS) is 17.8. The Morgan fingerprint density at radius 1 is 1.15 bits per heavy atom. The second kappa shape index (κ2) is 13.0. The van der Waals surface area contributed by atoms with Crippen LogP contribution < -0.4 is 15.1 Å². The van der Waals surface area contributed by atoms with Gasteiger partial charge in [0.1, 0.15) is 22.1 Å². The molecule has 0 spiro atoms. The van der Waals surface area contributed by atoms with Crippen LogP contribution in [0, 0.1) is 11.3 Å². The zero-order valence-corrected chi connectivity index (χ0v) is 25.6. The lowest BCUT2D eigenvalue weighted by Gasteiger charge is -2.40. The summed E-state index contributed by atoms with van der Waals surface area (Å²) < 4.78 is 5.36. The number of amides is 1. The van der Waals surface area contributed by atoms with E-state index in [0.717, 1.165) is 30.8 Å². The first-order valence-corrected chi connectivity index (χ1v) is 15.1. The molecule has 0 unspecified atom stereocenters. The Morgan fingerprint density at radius 2 is 1.80 bits per heavy atom. The summed E-state index contributed by atoms with van der Waals surface area (Å²) in [5.74, 6) is 0.186. The first kappa shape index (κ1) is 31.1. The molecule has 0 aliphatic carbocycles. The lowest BCUT2D eigenvalue weighted by molar-refractivity contribution is -0.142. The molecule has 13 heteroatoms. The quantitative estimate of drug-likeness (QED) is 0.388. The van der Waals surface area contributed by atoms with E-state index in [-0.39, 0.29) is 17.9 Å². The van der Waals surface area contributed by atoms with Crippen molar-refractivity contribution in [3.05, 3.63) is 29.2 Å². The predicted molar refractivity (Wildman–Crippen MR) is 158 cm³/mol. The molecule has 41 heavy (non-hydrogen) atoms. The highest BCUT2D eigenvalue weighted by Gasteiger charge is 2.33. The first-order valence-electron chi connectivity index (χ1n) is 13.9. The number of ether oxygens (including phenoxy) is 1. The number of nitrogens with one attached hydrogen (secondary N) is 1. The number of alkyl carbamates (subject to hydrolysis) is 1. The van der Waals surface area contributed by atoms with E-state index in [1.807, 2.05) is 31.7 Å². The summed E-state index contributed by atoms with van der Waals surface area (Å²) in [6.07, 6.45) is 5.74. The Bertz CT molecular complexity index is 1240. The highest BCUT2D eigenvalue weighted by molar-refractivity contribution is 7.99. The number of carboxylic acids is 1. The molecular formula is C28H39ClN6O5S. The predicted octanol–water partition coefficient (Wildman–Crippen LogP) is 4.60. The zero-order chi connectivity index (χ0) is 29.8. The number of aliphatic hydroxyl groups is 1. The number of hydrogen-bond acceptors (Lipinski definition) is 10. The van der Waals surface area contributed by atoms with Crippen LogP contribution in [0.3, 0.4) is 0 Å². The Hall–Kier alpha value is -2.83. The molecule has 2 aromatic rings. The van der Waals surface area contributed by atoms with Gasteiger partial charge in [-0.25, -0.2) is 19.7 Å². The number of carboxylic acid groups (broad SMARTS) is 1. The number of nitrogens with zero attached hydrogens (tertiary/aromatic N) is 5. The van der Waals surface area contributed by atoms with E-state index >= 15 is 0 Å². The van der Waals surface area contributed by atoms with Gasteiger partial charge in [-0.2, -0.15) is 0 Å². The van der Waals surface area contributed by atoms with Gasteiger partial charge < -0.3 is 30.1 Å². The fraction of sp³-hybridized carbons (Fsp3) is 0.607. The lowest BCUT2D eigenvalue weighted by atomic mass is 9.80. The minimum Gasteiger partial charge on any atom is -0.481 e. The zero-order valence-electron chi connectivity index (χ0n) is 24.0. The van der Waals surface area contributed by atoms with Gasteiger partial charge >= 0.3 is 12.1 Å². The molecule has 2 aliphatic rings. The van der Waals surface area contributed by atoms with E-state index in [4.69, 9.17) is 16.3 Å². The van der Waals surface area contributed by atoms with Crippen molar-refractivity contribution >= 4 is 47.1 Å². The van der Waals surface area contributed by atoms with Crippen LogP contribution in [0.15, 0.2) is 28.4 Å². The number of piperidine rings is 2. The van der Waals surface area contributed by atoms with Crippen LogP contribution in [0.5, 0.6) is 0 Å². The van der Waals surface area contributed by atoms with Crippen molar-refractivity contribution in [2.45, 2.75) is 75.5 Å². The largest absolute Gasteiger partial charge is 0.481 e. The van der Waals surface area contributed by atoms with Crippen LogP contribution in [-0.2, 0) is 16.1 Å². The Kier molecular flexibility index (Phi) is 9.86. The number of rotatable bonds is 8. The molecule has 4 rings (SSSR count). The Morgan fingerprint density at radius 3 is 2.41 bits per heavy atom. The minimum absolute atomic E-state index is 0.0747. The third-order valence-electron chi connectivity index (χ3n) is 7.47. The molecule has 4 heterocycles. The third kappa shape index (κ3) is 8.14. The van der Waals surface area contributed by atoms with Gasteiger partial charge in [-0.15, -0.1) is 0 Å². The monoisotopic (exact) mass is 606 g/mol. The maximum absolute atomic E-state index is 12.1. The number of aliphatic carboxylic acids is 1. The topological polar surface area (TPSA) is 141 Å². The van der Waals surface area contributed by atoms with Gasteiger partial charge in [0.25, 0.3) is 0 Å². The van der Waals surface area contributed by atoms with E-state index in [9.17, 15) is 19.8 Å². The van der Waals surface area contributed by atoms with Gasteiger partial charge in [0.15, 0.2) is 5.82 Å². The van der Waals surface area contributed by atoms with Crippen LogP contribution >= 0.6 is 23.4 Å². The Balaban J connectivity index is 1.38. The molecule has 2 aromatic heterocycles. The fourth-order valence-electron chi connectivity index (χ4n) is 5.02. The van der Waals surface area contributed by atoms with Gasteiger partial charge in [-0.05, 0) is 57.9 Å². The number of carbonyl (C=O) groups is 2. The summed E-state index contributed by atoms with van der Waals surface area (Å²) in [7, 11) is 0. The summed E-state index contributed by atoms with van der Waals surface area (Å²) in [6.45, 7) is 10.5. The van der Waals surface area contributed by atoms with Crippen molar-refractivity contribution in [1.82, 2.24) is 20.3 Å². The number of aromatic nitrogens is 3. The van der Waals surface area contributed by atoms with Gasteiger partial charge in [-0.1, -0.05) is 30.3 Å². The van der Waals surface area contributed by atoms with Crippen LogP contribution in [0.1, 0.15) is 59.1 Å². The highest BCUT2D eigenvalue weighted by atomic mass is 35.5. The van der Waals surface area contributed by atoms with Crippen molar-refractivity contribution in [2.75, 3.05) is 42.5 Å². The van der Waals surface area contributed by atoms with Crippen LogP contribution in [-0.4, -0.2) is 75.6 Å². The van der Waals surface area contributed by atoms with Crippen molar-refractivity contribution in [3.63, 3.8) is 0 Å².